The van der Waals surface area contributed by atoms with Gasteiger partial charge in [-0.05, 0) is 40.8 Å². The molecule has 2 amide bonds. The summed E-state index contributed by atoms with van der Waals surface area (Å²) in [6.45, 7) is 4.22. The summed E-state index contributed by atoms with van der Waals surface area (Å²) in [6.07, 6.45) is 2.00. The van der Waals surface area contributed by atoms with E-state index in [-0.39, 0.29) is 12.1 Å². The van der Waals surface area contributed by atoms with Gasteiger partial charge in [0.15, 0.2) is 6.10 Å². The number of carboxylic acid groups (broad SMARTS) is 1. The molecule has 0 aliphatic carbocycles. The molecule has 7 nitrogen and oxygen atoms in total. The molecule has 0 bridgehead atoms. The number of amides is 2. The molecule has 0 radical (unpaired) electrons. The molecule has 3 aromatic carbocycles. The van der Waals surface area contributed by atoms with Crippen molar-refractivity contribution in [3.63, 3.8) is 0 Å². The maximum absolute atomic E-state index is 12.9. The number of hydrogen-bond acceptors (Lipinski definition) is 4. The van der Waals surface area contributed by atoms with Crippen LogP contribution in [0.3, 0.4) is 0 Å². The highest BCUT2D eigenvalue weighted by molar-refractivity contribution is 5.77. The minimum Gasteiger partial charge on any atom is -0.494 e. The van der Waals surface area contributed by atoms with Crippen molar-refractivity contribution in [1.29, 1.82) is 0 Å². The molecule has 7 heteroatoms. The second-order valence-electron chi connectivity index (χ2n) is 10.0. The molecular weight excluding hydrogens is 492 g/mol. The van der Waals surface area contributed by atoms with Gasteiger partial charge in [0.25, 0.3) is 0 Å². The summed E-state index contributed by atoms with van der Waals surface area (Å²) >= 11 is 0. The van der Waals surface area contributed by atoms with E-state index < -0.39 is 12.1 Å². The number of hydrogen-bond donors (Lipinski definition) is 1. The van der Waals surface area contributed by atoms with Crippen LogP contribution in [0.15, 0.2) is 78.9 Å². The number of carbonyl (C=O) groups is 2. The fourth-order valence-electron chi connectivity index (χ4n) is 4.74. The lowest BCUT2D eigenvalue weighted by Gasteiger charge is -2.18. The third kappa shape index (κ3) is 7.83. The van der Waals surface area contributed by atoms with Crippen molar-refractivity contribution < 1.29 is 24.2 Å². The van der Waals surface area contributed by atoms with Gasteiger partial charge in [-0.2, -0.15) is 0 Å². The molecule has 0 unspecified atom stereocenters. The largest absolute Gasteiger partial charge is 0.494 e. The Hall–Kier alpha value is -3.84. The average Bonchev–Trinajstić information content (AvgIpc) is 3.22. The molecule has 1 N–H and O–H groups in total. The maximum atomic E-state index is 12.9. The monoisotopic (exact) mass is 530 g/mol. The molecule has 1 aliphatic heterocycles. The van der Waals surface area contributed by atoms with Gasteiger partial charge in [-0.25, -0.2) is 9.59 Å². The highest BCUT2D eigenvalue weighted by Gasteiger charge is 2.34. The first-order valence-electron chi connectivity index (χ1n) is 13.7. The van der Waals surface area contributed by atoms with Gasteiger partial charge in [-0.15, -0.1) is 0 Å². The highest BCUT2D eigenvalue weighted by atomic mass is 16.5. The van der Waals surface area contributed by atoms with Crippen molar-refractivity contribution in [2.24, 2.45) is 0 Å². The minimum atomic E-state index is -0.945. The van der Waals surface area contributed by atoms with E-state index in [1.165, 1.54) is 5.56 Å². The fraction of sp³-hybridized carbons (Fsp3) is 0.375. The van der Waals surface area contributed by atoms with E-state index in [2.05, 4.69) is 36.4 Å². The molecule has 0 saturated carbocycles. The van der Waals surface area contributed by atoms with Gasteiger partial charge in [0.2, 0.25) is 0 Å². The molecule has 39 heavy (non-hydrogen) atoms. The van der Waals surface area contributed by atoms with Crippen LogP contribution < -0.4 is 4.74 Å². The molecule has 2 atom stereocenters. The summed E-state index contributed by atoms with van der Waals surface area (Å²) in [5.74, 6) is -0.222. The third-order valence-electron chi connectivity index (χ3n) is 7.14. The molecule has 1 fully saturated rings. The van der Waals surface area contributed by atoms with E-state index in [0.717, 1.165) is 41.7 Å². The third-order valence-corrected chi connectivity index (χ3v) is 7.14. The van der Waals surface area contributed by atoms with Crippen LogP contribution in [0.25, 0.3) is 11.1 Å². The smallest absolute Gasteiger partial charge is 0.333 e. The number of ether oxygens (including phenoxy) is 2. The molecular formula is C32H38N2O5. The summed E-state index contributed by atoms with van der Waals surface area (Å²) in [5, 5.41) is 9.42. The number of rotatable bonds is 14. The number of likely N-dealkylation sites (N-methyl/N-ethyl adjacent to an activating group) is 1. The first-order valence-corrected chi connectivity index (χ1v) is 13.7. The lowest BCUT2D eigenvalue weighted by molar-refractivity contribution is -0.150. The van der Waals surface area contributed by atoms with E-state index in [9.17, 15) is 14.7 Å². The van der Waals surface area contributed by atoms with Crippen molar-refractivity contribution >= 4 is 12.0 Å². The van der Waals surface area contributed by atoms with Gasteiger partial charge in [0.1, 0.15) is 5.75 Å². The Morgan fingerprint density at radius 2 is 1.62 bits per heavy atom. The molecule has 0 spiro atoms. The predicted octanol–water partition coefficient (Wildman–Crippen LogP) is 5.87. The molecule has 0 aromatic heterocycles. The Kier molecular flexibility index (Phi) is 9.97. The predicted molar refractivity (Wildman–Crippen MR) is 152 cm³/mol. The van der Waals surface area contributed by atoms with Crippen molar-refractivity contribution in [3.8, 4) is 16.9 Å². The second-order valence-corrected chi connectivity index (χ2v) is 10.0. The first-order chi connectivity index (χ1) is 18.9. The Morgan fingerprint density at radius 3 is 2.28 bits per heavy atom. The molecule has 3 aromatic rings. The zero-order chi connectivity index (χ0) is 27.6. The number of carboxylic acids is 1. The first kappa shape index (κ1) is 28.2. The summed E-state index contributed by atoms with van der Waals surface area (Å²) in [5.41, 5.74) is 4.33. The Morgan fingerprint density at radius 1 is 0.949 bits per heavy atom. The van der Waals surface area contributed by atoms with Gasteiger partial charge in [0.05, 0.1) is 12.6 Å². The average molecular weight is 531 g/mol. The normalized spacial score (nSPS) is 15.9. The maximum Gasteiger partial charge on any atom is 0.333 e. The Labute approximate surface area is 231 Å². The van der Waals surface area contributed by atoms with Crippen LogP contribution in [-0.4, -0.2) is 65.9 Å². The molecule has 1 heterocycles. The van der Waals surface area contributed by atoms with Gasteiger partial charge >= 0.3 is 12.0 Å². The van der Waals surface area contributed by atoms with Crippen LogP contribution in [-0.2, 0) is 22.5 Å². The number of nitrogens with zero attached hydrogens (tertiary/aromatic N) is 2. The van der Waals surface area contributed by atoms with E-state index >= 15 is 0 Å². The fourth-order valence-corrected chi connectivity index (χ4v) is 4.74. The van der Waals surface area contributed by atoms with Crippen LogP contribution in [0.1, 0.15) is 37.3 Å². The Bertz CT molecular complexity index is 1200. The van der Waals surface area contributed by atoms with Gasteiger partial charge in [0, 0.05) is 39.6 Å². The quantitative estimate of drug-likeness (QED) is 0.264. The van der Waals surface area contributed by atoms with Crippen LogP contribution in [0.4, 0.5) is 4.79 Å². The van der Waals surface area contributed by atoms with E-state index in [4.69, 9.17) is 9.47 Å². The van der Waals surface area contributed by atoms with Crippen molar-refractivity contribution in [1.82, 2.24) is 9.80 Å². The Balaban J connectivity index is 1.23. The van der Waals surface area contributed by atoms with Crippen LogP contribution in [0.2, 0.25) is 0 Å². The van der Waals surface area contributed by atoms with Crippen molar-refractivity contribution in [3.05, 3.63) is 90.0 Å². The number of unbranched alkanes of at least 4 members (excludes halogenated alkanes) is 1. The summed E-state index contributed by atoms with van der Waals surface area (Å²) in [4.78, 5) is 28.0. The molecule has 4 rings (SSSR count). The van der Waals surface area contributed by atoms with Crippen LogP contribution in [0, 0.1) is 0 Å². The minimum absolute atomic E-state index is 0.0330. The van der Waals surface area contributed by atoms with Crippen molar-refractivity contribution in [2.45, 2.75) is 51.3 Å². The van der Waals surface area contributed by atoms with Gasteiger partial charge < -0.3 is 24.4 Å². The summed E-state index contributed by atoms with van der Waals surface area (Å²) < 4.78 is 11.5. The van der Waals surface area contributed by atoms with Gasteiger partial charge in [-0.3, -0.25) is 0 Å². The van der Waals surface area contributed by atoms with E-state index in [1.54, 1.807) is 4.90 Å². The number of aliphatic carboxylic acids is 1. The summed E-state index contributed by atoms with van der Waals surface area (Å²) in [6, 6.07) is 26.2. The lowest BCUT2D eigenvalue weighted by atomic mass is 10.0. The van der Waals surface area contributed by atoms with Crippen molar-refractivity contribution in [2.75, 3.05) is 26.8 Å². The van der Waals surface area contributed by atoms with Gasteiger partial charge in [-0.1, -0.05) is 80.1 Å². The highest BCUT2D eigenvalue weighted by Crippen LogP contribution is 2.23. The molecule has 1 saturated heterocycles. The number of benzene rings is 3. The summed E-state index contributed by atoms with van der Waals surface area (Å²) in [7, 11) is 1.85. The van der Waals surface area contributed by atoms with Crippen LogP contribution >= 0.6 is 0 Å². The zero-order valence-corrected chi connectivity index (χ0v) is 22.8. The topological polar surface area (TPSA) is 79.3 Å². The second kappa shape index (κ2) is 13.8. The SMILES string of the molecule is CCCCO[C@@H](Cc1ccc(OCC[C@@H]2CN(Cc3ccc(-c4ccccc4)cc3)C(=O)N2C)cc1)C(=O)O. The lowest BCUT2D eigenvalue weighted by Crippen LogP contribution is -2.31. The van der Waals surface area contributed by atoms with Crippen LogP contribution in [0.5, 0.6) is 5.75 Å². The standard InChI is InChI=1S/C32H38N2O5/c1-3-4-19-39-30(31(35)36)21-24-12-16-29(17-13-24)38-20-18-28-23-34(32(37)33(28)2)22-25-10-14-27(15-11-25)26-8-6-5-7-9-26/h5-17,28,30H,3-4,18-23H2,1-2H3,(H,35,36)/t28-,30+/m1/s1. The zero-order valence-electron chi connectivity index (χ0n) is 22.8. The van der Waals surface area contributed by atoms with E-state index in [0.29, 0.717) is 32.7 Å². The molecule has 1 aliphatic rings. The molecule has 206 valence electrons. The number of carbonyl (C=O) groups excluding carboxylic acids is 1. The van der Waals surface area contributed by atoms with E-state index in [1.807, 2.05) is 61.3 Å². The number of urea groups is 1.